The minimum atomic E-state index is -2.52. The number of alkyl halides is 2. The van der Waals surface area contributed by atoms with Crippen LogP contribution in [0.5, 0.6) is 0 Å². The van der Waals surface area contributed by atoms with Crippen molar-refractivity contribution in [2.24, 2.45) is 11.8 Å². The molecule has 0 saturated carbocycles. The van der Waals surface area contributed by atoms with Gasteiger partial charge in [-0.05, 0) is 23.6 Å². The molecule has 0 aliphatic carbocycles. The minimum absolute atomic E-state index is 0.167. The predicted molar refractivity (Wildman–Crippen MR) is 66.3 cm³/mol. The van der Waals surface area contributed by atoms with E-state index < -0.39 is 18.4 Å². The summed E-state index contributed by atoms with van der Waals surface area (Å²) in [5.41, 5.74) is 0.887. The van der Waals surface area contributed by atoms with Crippen LogP contribution in [0.2, 0.25) is 0 Å². The van der Waals surface area contributed by atoms with Crippen LogP contribution in [0.3, 0.4) is 0 Å². The van der Waals surface area contributed by atoms with E-state index in [9.17, 15) is 18.3 Å². The lowest BCUT2D eigenvalue weighted by Gasteiger charge is -2.39. The Kier molecular flexibility index (Phi) is 4.47. The molecule has 3 atom stereocenters. The molecule has 19 heavy (non-hydrogen) atoms. The number of piperidine rings is 1. The van der Waals surface area contributed by atoms with Gasteiger partial charge < -0.3 is 5.11 Å². The first-order valence-electron chi connectivity index (χ1n) is 6.40. The van der Waals surface area contributed by atoms with E-state index in [0.29, 0.717) is 13.1 Å². The third-order valence-electron chi connectivity index (χ3n) is 3.68. The van der Waals surface area contributed by atoms with E-state index in [1.807, 2.05) is 4.90 Å². The second-order valence-electron chi connectivity index (χ2n) is 5.29. The third-order valence-corrected chi connectivity index (χ3v) is 3.68. The molecule has 0 amide bonds. The molecule has 0 radical (unpaired) electrons. The molecule has 0 aromatic heterocycles. The van der Waals surface area contributed by atoms with E-state index in [4.69, 9.17) is 0 Å². The maximum Gasteiger partial charge on any atom is 0.245 e. The zero-order valence-electron chi connectivity index (χ0n) is 10.8. The van der Waals surface area contributed by atoms with Gasteiger partial charge in [-0.2, -0.15) is 0 Å². The summed E-state index contributed by atoms with van der Waals surface area (Å²) < 4.78 is 38.5. The fraction of sp³-hybridized carbons (Fsp3) is 0.571. The normalized spacial score (nSPS) is 28.8. The summed E-state index contributed by atoms with van der Waals surface area (Å²) in [5, 5.41) is 9.77. The summed E-state index contributed by atoms with van der Waals surface area (Å²) in [7, 11) is 0. The van der Waals surface area contributed by atoms with Crippen LogP contribution < -0.4 is 0 Å². The monoisotopic (exact) mass is 273 g/mol. The van der Waals surface area contributed by atoms with Gasteiger partial charge in [0, 0.05) is 19.6 Å². The lowest BCUT2D eigenvalue weighted by molar-refractivity contribution is -0.0818. The van der Waals surface area contributed by atoms with Gasteiger partial charge in [-0.15, -0.1) is 0 Å². The highest BCUT2D eigenvalue weighted by Crippen LogP contribution is 2.28. The van der Waals surface area contributed by atoms with Crippen LogP contribution in [0.15, 0.2) is 24.3 Å². The van der Waals surface area contributed by atoms with E-state index in [0.717, 1.165) is 5.56 Å². The Morgan fingerprint density at radius 3 is 2.47 bits per heavy atom. The zero-order chi connectivity index (χ0) is 14.0. The van der Waals surface area contributed by atoms with Crippen LogP contribution in [-0.4, -0.2) is 35.6 Å². The quantitative estimate of drug-likeness (QED) is 0.914. The highest BCUT2D eigenvalue weighted by Gasteiger charge is 2.38. The van der Waals surface area contributed by atoms with Crippen molar-refractivity contribution in [2.75, 3.05) is 13.1 Å². The SMILES string of the molecule is C[C@@H]1CN(Cc2ccc(F)cc2)C[C@H](C(F)F)[C@H]1O. The Bertz CT molecular complexity index is 410. The third kappa shape index (κ3) is 3.48. The first-order valence-corrected chi connectivity index (χ1v) is 6.40. The highest BCUT2D eigenvalue weighted by atomic mass is 19.3. The Morgan fingerprint density at radius 1 is 1.26 bits per heavy atom. The van der Waals surface area contributed by atoms with Crippen molar-refractivity contribution >= 4 is 0 Å². The standard InChI is InChI=1S/C14H18F3NO/c1-9-6-18(8-12(13(9)19)14(16)17)7-10-2-4-11(15)5-3-10/h2-5,9,12-14,19H,6-8H2,1H3/t9-,12+,13+/m1/s1. The average Bonchev–Trinajstić information content (AvgIpc) is 2.36. The number of rotatable bonds is 3. The van der Waals surface area contributed by atoms with Gasteiger partial charge in [0.1, 0.15) is 5.82 Å². The lowest BCUT2D eigenvalue weighted by atomic mass is 9.87. The van der Waals surface area contributed by atoms with Gasteiger partial charge in [0.2, 0.25) is 6.43 Å². The number of hydrogen-bond donors (Lipinski definition) is 1. The van der Waals surface area contributed by atoms with Crippen LogP contribution in [0.1, 0.15) is 12.5 Å². The van der Waals surface area contributed by atoms with Gasteiger partial charge in [0.05, 0.1) is 12.0 Å². The average molecular weight is 273 g/mol. The molecule has 1 aromatic rings. The van der Waals surface area contributed by atoms with Crippen molar-refractivity contribution < 1.29 is 18.3 Å². The summed E-state index contributed by atoms with van der Waals surface area (Å²) in [6, 6.07) is 6.04. The molecular weight excluding hydrogens is 255 g/mol. The predicted octanol–water partition coefficient (Wildman–Crippen LogP) is 2.52. The number of likely N-dealkylation sites (tertiary alicyclic amines) is 1. The van der Waals surface area contributed by atoms with Gasteiger partial charge >= 0.3 is 0 Å². The maximum atomic E-state index is 12.9. The molecule has 1 saturated heterocycles. The van der Waals surface area contributed by atoms with Crippen LogP contribution >= 0.6 is 0 Å². The van der Waals surface area contributed by atoms with E-state index in [2.05, 4.69) is 0 Å². The van der Waals surface area contributed by atoms with Crippen molar-refractivity contribution in [1.29, 1.82) is 0 Å². The van der Waals surface area contributed by atoms with Gasteiger partial charge in [0.25, 0.3) is 0 Å². The summed E-state index contributed by atoms with van der Waals surface area (Å²) >= 11 is 0. The van der Waals surface area contributed by atoms with Gasteiger partial charge in [-0.25, -0.2) is 13.2 Å². The van der Waals surface area contributed by atoms with Crippen LogP contribution in [0.4, 0.5) is 13.2 Å². The molecule has 5 heteroatoms. The van der Waals surface area contributed by atoms with E-state index >= 15 is 0 Å². The molecule has 0 spiro atoms. The first kappa shape index (κ1) is 14.3. The molecule has 1 aliphatic heterocycles. The molecule has 1 N–H and O–H groups in total. The molecule has 1 fully saturated rings. The van der Waals surface area contributed by atoms with Gasteiger partial charge in [-0.3, -0.25) is 4.90 Å². The highest BCUT2D eigenvalue weighted by molar-refractivity contribution is 5.16. The number of benzene rings is 1. The van der Waals surface area contributed by atoms with Crippen LogP contribution in [0, 0.1) is 17.7 Å². The Hall–Kier alpha value is -1.07. The molecular formula is C14H18F3NO. The number of aliphatic hydroxyl groups excluding tert-OH is 1. The molecule has 1 aromatic carbocycles. The minimum Gasteiger partial charge on any atom is -0.392 e. The summed E-state index contributed by atoms with van der Waals surface area (Å²) in [5.74, 6) is -1.51. The molecule has 0 bridgehead atoms. The van der Waals surface area contributed by atoms with Crippen molar-refractivity contribution in [3.8, 4) is 0 Å². The molecule has 2 rings (SSSR count). The number of hydrogen-bond acceptors (Lipinski definition) is 2. The van der Waals surface area contributed by atoms with Crippen molar-refractivity contribution in [2.45, 2.75) is 26.0 Å². The molecule has 0 unspecified atom stereocenters. The second kappa shape index (κ2) is 5.92. The van der Waals surface area contributed by atoms with Crippen molar-refractivity contribution in [1.82, 2.24) is 4.90 Å². The van der Waals surface area contributed by atoms with Crippen molar-refractivity contribution in [3.05, 3.63) is 35.6 Å². The summed E-state index contributed by atoms with van der Waals surface area (Å²) in [6.45, 7) is 3.01. The van der Waals surface area contributed by atoms with Crippen LogP contribution in [0.25, 0.3) is 0 Å². The Balaban J connectivity index is 2.02. The number of aliphatic hydroxyl groups is 1. The maximum absolute atomic E-state index is 12.9. The number of nitrogens with zero attached hydrogens (tertiary/aromatic N) is 1. The fourth-order valence-corrected chi connectivity index (χ4v) is 2.62. The second-order valence-corrected chi connectivity index (χ2v) is 5.29. The zero-order valence-corrected chi connectivity index (χ0v) is 10.8. The molecule has 106 valence electrons. The Morgan fingerprint density at radius 2 is 1.89 bits per heavy atom. The summed E-state index contributed by atoms with van der Waals surface area (Å²) in [4.78, 5) is 1.89. The summed E-state index contributed by atoms with van der Waals surface area (Å²) in [6.07, 6.45) is -3.47. The van der Waals surface area contributed by atoms with E-state index in [1.165, 1.54) is 12.1 Å². The van der Waals surface area contributed by atoms with E-state index in [1.54, 1.807) is 19.1 Å². The smallest absolute Gasteiger partial charge is 0.245 e. The molecule has 2 nitrogen and oxygen atoms in total. The topological polar surface area (TPSA) is 23.5 Å². The fourth-order valence-electron chi connectivity index (χ4n) is 2.62. The largest absolute Gasteiger partial charge is 0.392 e. The van der Waals surface area contributed by atoms with E-state index in [-0.39, 0.29) is 18.3 Å². The van der Waals surface area contributed by atoms with Crippen molar-refractivity contribution in [3.63, 3.8) is 0 Å². The van der Waals surface area contributed by atoms with Gasteiger partial charge in [0.15, 0.2) is 0 Å². The molecule has 1 aliphatic rings. The lowest BCUT2D eigenvalue weighted by Crippen LogP contribution is -2.50. The van der Waals surface area contributed by atoms with Crippen LogP contribution in [-0.2, 0) is 6.54 Å². The molecule has 1 heterocycles. The number of halogens is 3. The first-order chi connectivity index (χ1) is 8.97. The Labute approximate surface area is 110 Å². The van der Waals surface area contributed by atoms with Gasteiger partial charge in [-0.1, -0.05) is 19.1 Å².